The summed E-state index contributed by atoms with van der Waals surface area (Å²) in [6, 6.07) is 2.41. The van der Waals surface area contributed by atoms with Crippen molar-refractivity contribution < 1.29 is 9.15 Å². The summed E-state index contributed by atoms with van der Waals surface area (Å²) in [6.45, 7) is 3.23. The monoisotopic (exact) mass is 237 g/mol. The van der Waals surface area contributed by atoms with Crippen molar-refractivity contribution in [2.75, 3.05) is 13.7 Å². The van der Waals surface area contributed by atoms with Crippen LogP contribution < -0.4 is 5.32 Å². The zero-order chi connectivity index (χ0) is 12.1. The van der Waals surface area contributed by atoms with Crippen LogP contribution in [0.1, 0.15) is 50.6 Å². The van der Waals surface area contributed by atoms with Crippen molar-refractivity contribution >= 4 is 0 Å². The normalized spacial score (nSPS) is 19.9. The van der Waals surface area contributed by atoms with Crippen LogP contribution in [0.3, 0.4) is 0 Å². The van der Waals surface area contributed by atoms with Gasteiger partial charge >= 0.3 is 0 Å². The minimum absolute atomic E-state index is 0.0999. The van der Waals surface area contributed by atoms with Crippen LogP contribution in [-0.4, -0.2) is 19.3 Å². The van der Waals surface area contributed by atoms with Gasteiger partial charge in [-0.1, -0.05) is 6.92 Å². The van der Waals surface area contributed by atoms with Gasteiger partial charge in [0.2, 0.25) is 0 Å². The summed E-state index contributed by atoms with van der Waals surface area (Å²) < 4.78 is 10.9. The second kappa shape index (κ2) is 5.69. The van der Waals surface area contributed by atoms with E-state index in [1.54, 1.807) is 6.26 Å². The van der Waals surface area contributed by atoms with Gasteiger partial charge in [0, 0.05) is 18.7 Å². The molecule has 3 nitrogen and oxygen atoms in total. The van der Waals surface area contributed by atoms with Crippen LogP contribution in [0, 0.1) is 0 Å². The largest absolute Gasteiger partial charge is 0.472 e. The molecule has 0 amide bonds. The first kappa shape index (κ1) is 12.7. The second-order valence-corrected chi connectivity index (χ2v) is 5.01. The Labute approximate surface area is 104 Å². The van der Waals surface area contributed by atoms with E-state index in [1.807, 2.05) is 13.4 Å². The summed E-state index contributed by atoms with van der Waals surface area (Å²) in [5.74, 6) is 0. The summed E-state index contributed by atoms with van der Waals surface area (Å²) in [5, 5.41) is 3.59. The molecule has 96 valence electrons. The topological polar surface area (TPSA) is 34.4 Å². The number of ether oxygens (including phenoxy) is 1. The van der Waals surface area contributed by atoms with Gasteiger partial charge in [-0.05, 0) is 44.7 Å². The maximum atomic E-state index is 5.71. The average molecular weight is 237 g/mol. The minimum Gasteiger partial charge on any atom is -0.472 e. The van der Waals surface area contributed by atoms with Crippen molar-refractivity contribution in [3.05, 3.63) is 24.2 Å². The van der Waals surface area contributed by atoms with Gasteiger partial charge in [-0.2, -0.15) is 0 Å². The van der Waals surface area contributed by atoms with Gasteiger partial charge in [0.1, 0.15) is 0 Å². The summed E-state index contributed by atoms with van der Waals surface area (Å²) in [4.78, 5) is 0. The highest BCUT2D eigenvalue weighted by atomic mass is 16.5. The van der Waals surface area contributed by atoms with Gasteiger partial charge in [-0.3, -0.25) is 0 Å². The molecule has 2 rings (SSSR count). The standard InChI is InChI=1S/C14H23NO2/c1-3-8-15-13(12-5-9-17-11-12)10-14(16-2)6-4-7-14/h5,9,11,13,15H,3-4,6-8,10H2,1-2H3. The van der Waals surface area contributed by atoms with Gasteiger partial charge in [0.15, 0.2) is 0 Å². The zero-order valence-electron chi connectivity index (χ0n) is 10.9. The SMILES string of the molecule is CCCNC(CC1(OC)CCC1)c1ccoc1. The number of nitrogens with one attached hydrogen (secondary N) is 1. The van der Waals surface area contributed by atoms with E-state index in [-0.39, 0.29) is 5.60 Å². The molecule has 0 aliphatic heterocycles. The zero-order valence-corrected chi connectivity index (χ0v) is 10.9. The van der Waals surface area contributed by atoms with Crippen LogP contribution in [-0.2, 0) is 4.74 Å². The fourth-order valence-corrected chi connectivity index (χ4v) is 2.53. The molecule has 1 aromatic rings. The highest BCUT2D eigenvalue weighted by Gasteiger charge is 2.39. The predicted molar refractivity (Wildman–Crippen MR) is 68.0 cm³/mol. The van der Waals surface area contributed by atoms with Crippen LogP contribution in [0.15, 0.2) is 23.0 Å². The van der Waals surface area contributed by atoms with Crippen LogP contribution >= 0.6 is 0 Å². The Morgan fingerprint density at radius 1 is 1.53 bits per heavy atom. The lowest BCUT2D eigenvalue weighted by atomic mass is 9.75. The molecule has 0 radical (unpaired) electrons. The molecule has 1 aliphatic carbocycles. The molecule has 1 heterocycles. The highest BCUT2D eigenvalue weighted by molar-refractivity contribution is 5.13. The molecule has 0 bridgehead atoms. The van der Waals surface area contributed by atoms with Crippen LogP contribution in [0.25, 0.3) is 0 Å². The molecule has 1 saturated carbocycles. The van der Waals surface area contributed by atoms with E-state index < -0.39 is 0 Å². The fraction of sp³-hybridized carbons (Fsp3) is 0.714. The first-order valence-corrected chi connectivity index (χ1v) is 6.60. The third-order valence-electron chi connectivity index (χ3n) is 3.86. The molecule has 1 unspecified atom stereocenters. The van der Waals surface area contributed by atoms with E-state index in [0.29, 0.717) is 6.04 Å². The highest BCUT2D eigenvalue weighted by Crippen LogP contribution is 2.41. The summed E-state index contributed by atoms with van der Waals surface area (Å²) in [7, 11) is 1.84. The van der Waals surface area contributed by atoms with Gasteiger partial charge in [-0.25, -0.2) is 0 Å². The van der Waals surface area contributed by atoms with Crippen LogP contribution in [0.2, 0.25) is 0 Å². The van der Waals surface area contributed by atoms with Crippen molar-refractivity contribution in [3.8, 4) is 0 Å². The minimum atomic E-state index is 0.0999. The van der Waals surface area contributed by atoms with E-state index in [4.69, 9.17) is 9.15 Å². The number of furan rings is 1. The smallest absolute Gasteiger partial charge is 0.0950 e. The molecule has 1 fully saturated rings. The maximum absolute atomic E-state index is 5.71. The summed E-state index contributed by atoms with van der Waals surface area (Å²) >= 11 is 0. The van der Waals surface area contributed by atoms with Gasteiger partial charge in [0.25, 0.3) is 0 Å². The van der Waals surface area contributed by atoms with Crippen molar-refractivity contribution in [3.63, 3.8) is 0 Å². The van der Waals surface area contributed by atoms with Gasteiger partial charge in [-0.15, -0.1) is 0 Å². The predicted octanol–water partition coefficient (Wildman–Crippen LogP) is 3.28. The van der Waals surface area contributed by atoms with Crippen molar-refractivity contribution in [2.45, 2.75) is 50.7 Å². The van der Waals surface area contributed by atoms with E-state index in [9.17, 15) is 0 Å². The number of hydrogen-bond acceptors (Lipinski definition) is 3. The molecule has 3 heteroatoms. The Hall–Kier alpha value is -0.800. The van der Waals surface area contributed by atoms with Crippen molar-refractivity contribution in [1.82, 2.24) is 5.32 Å². The van der Waals surface area contributed by atoms with Gasteiger partial charge in [0.05, 0.1) is 18.1 Å². The van der Waals surface area contributed by atoms with E-state index in [0.717, 1.165) is 19.4 Å². The molecule has 0 spiro atoms. The van der Waals surface area contributed by atoms with E-state index in [2.05, 4.69) is 18.3 Å². The molecule has 0 aromatic carbocycles. The number of methoxy groups -OCH3 is 1. The third-order valence-corrected chi connectivity index (χ3v) is 3.86. The quantitative estimate of drug-likeness (QED) is 0.790. The number of rotatable bonds is 7. The summed E-state index contributed by atoms with van der Waals surface area (Å²) in [6.07, 6.45) is 9.44. The lowest BCUT2D eigenvalue weighted by Crippen LogP contribution is -2.42. The van der Waals surface area contributed by atoms with Gasteiger partial charge < -0.3 is 14.5 Å². The molecule has 1 atom stereocenters. The molecule has 0 saturated heterocycles. The lowest BCUT2D eigenvalue weighted by Gasteiger charge is -2.42. The Morgan fingerprint density at radius 3 is 2.82 bits per heavy atom. The first-order valence-electron chi connectivity index (χ1n) is 6.60. The molecule has 1 N–H and O–H groups in total. The van der Waals surface area contributed by atoms with Crippen molar-refractivity contribution in [2.24, 2.45) is 0 Å². The third kappa shape index (κ3) is 2.90. The first-order chi connectivity index (χ1) is 8.29. The second-order valence-electron chi connectivity index (χ2n) is 5.01. The fourth-order valence-electron chi connectivity index (χ4n) is 2.53. The molecular weight excluding hydrogens is 214 g/mol. The Morgan fingerprint density at radius 2 is 2.35 bits per heavy atom. The van der Waals surface area contributed by atoms with Crippen LogP contribution in [0.4, 0.5) is 0 Å². The lowest BCUT2D eigenvalue weighted by molar-refractivity contribution is -0.0838. The van der Waals surface area contributed by atoms with E-state index >= 15 is 0 Å². The molecule has 1 aromatic heterocycles. The van der Waals surface area contributed by atoms with Crippen molar-refractivity contribution in [1.29, 1.82) is 0 Å². The average Bonchev–Trinajstić information content (AvgIpc) is 2.81. The number of hydrogen-bond donors (Lipinski definition) is 1. The molecule has 17 heavy (non-hydrogen) atoms. The molecular formula is C14H23NO2. The molecule has 1 aliphatic rings. The maximum Gasteiger partial charge on any atom is 0.0950 e. The Balaban J connectivity index is 2.00. The van der Waals surface area contributed by atoms with Crippen LogP contribution in [0.5, 0.6) is 0 Å². The Kier molecular flexibility index (Phi) is 4.24. The van der Waals surface area contributed by atoms with E-state index in [1.165, 1.54) is 24.8 Å². The Bertz CT molecular complexity index is 311. The summed E-state index contributed by atoms with van der Waals surface area (Å²) in [5.41, 5.74) is 1.34.